The topological polar surface area (TPSA) is 32.9 Å². The molecule has 0 fully saturated rings. The molecule has 0 bridgehead atoms. The van der Waals surface area contributed by atoms with Crippen LogP contribution in [0.2, 0.25) is 5.02 Å². The van der Waals surface area contributed by atoms with Crippen molar-refractivity contribution >= 4 is 22.5 Å². The average Bonchev–Trinajstić information content (AvgIpc) is 2.12. The quantitative estimate of drug-likeness (QED) is 0.691. The second-order valence-corrected chi connectivity index (χ2v) is 3.00. The van der Waals surface area contributed by atoms with Crippen molar-refractivity contribution in [3.05, 3.63) is 45.5 Å². The lowest BCUT2D eigenvalue weighted by Crippen LogP contribution is -2.01. The number of aromatic amines is 1. The van der Waals surface area contributed by atoms with E-state index in [0.717, 1.165) is 0 Å². The standard InChI is InChI=1S/C9H5ClFNO/c10-9-5(11)1-2-6-8(9)7(13)3-4-12-6/h1-4H,(H,12,13). The fourth-order valence-electron chi connectivity index (χ4n) is 1.20. The van der Waals surface area contributed by atoms with Crippen LogP contribution in [0.1, 0.15) is 0 Å². The second kappa shape index (κ2) is 2.85. The molecule has 0 aliphatic carbocycles. The molecule has 13 heavy (non-hydrogen) atoms. The monoisotopic (exact) mass is 197 g/mol. The Morgan fingerprint density at radius 3 is 2.85 bits per heavy atom. The Balaban J connectivity index is 3.06. The zero-order valence-corrected chi connectivity index (χ0v) is 7.23. The maximum absolute atomic E-state index is 12.9. The summed E-state index contributed by atoms with van der Waals surface area (Å²) in [6.45, 7) is 0. The van der Waals surface area contributed by atoms with Crippen LogP contribution in [-0.4, -0.2) is 4.98 Å². The summed E-state index contributed by atoms with van der Waals surface area (Å²) in [6, 6.07) is 4.02. The van der Waals surface area contributed by atoms with E-state index in [1.54, 1.807) is 0 Å². The van der Waals surface area contributed by atoms with Gasteiger partial charge in [0.05, 0.1) is 15.9 Å². The molecule has 0 unspecified atom stereocenters. The molecule has 1 N–H and O–H groups in total. The third kappa shape index (κ3) is 1.21. The van der Waals surface area contributed by atoms with Crippen LogP contribution in [0.5, 0.6) is 0 Å². The van der Waals surface area contributed by atoms with Crippen LogP contribution < -0.4 is 5.43 Å². The number of H-pyrrole nitrogens is 1. The summed E-state index contributed by atoms with van der Waals surface area (Å²) < 4.78 is 12.9. The lowest BCUT2D eigenvalue weighted by molar-refractivity contribution is 0.630. The van der Waals surface area contributed by atoms with E-state index in [4.69, 9.17) is 11.6 Å². The van der Waals surface area contributed by atoms with Gasteiger partial charge in [0.1, 0.15) is 5.82 Å². The zero-order valence-electron chi connectivity index (χ0n) is 6.47. The lowest BCUT2D eigenvalue weighted by atomic mass is 10.2. The van der Waals surface area contributed by atoms with Crippen molar-refractivity contribution in [2.75, 3.05) is 0 Å². The summed E-state index contributed by atoms with van der Waals surface area (Å²) in [7, 11) is 0. The summed E-state index contributed by atoms with van der Waals surface area (Å²) in [5.74, 6) is -0.578. The first-order valence-corrected chi connectivity index (χ1v) is 4.03. The highest BCUT2D eigenvalue weighted by molar-refractivity contribution is 6.35. The first-order chi connectivity index (χ1) is 6.20. The van der Waals surface area contributed by atoms with Gasteiger partial charge in [-0.15, -0.1) is 0 Å². The number of benzene rings is 1. The van der Waals surface area contributed by atoms with Gasteiger partial charge in [-0.1, -0.05) is 11.6 Å². The summed E-state index contributed by atoms with van der Waals surface area (Å²) in [4.78, 5) is 14.1. The van der Waals surface area contributed by atoms with Gasteiger partial charge in [0, 0.05) is 12.3 Å². The number of hydrogen-bond acceptors (Lipinski definition) is 1. The molecule has 1 aromatic heterocycles. The van der Waals surface area contributed by atoms with E-state index in [1.807, 2.05) is 0 Å². The molecule has 0 spiro atoms. The van der Waals surface area contributed by atoms with Crippen molar-refractivity contribution in [2.24, 2.45) is 0 Å². The SMILES string of the molecule is O=c1cc[nH]c2ccc(F)c(Cl)c12. The predicted octanol–water partition coefficient (Wildman–Crippen LogP) is 2.32. The van der Waals surface area contributed by atoms with Crippen LogP contribution in [-0.2, 0) is 0 Å². The molecule has 1 heterocycles. The summed E-state index contributed by atoms with van der Waals surface area (Å²) in [5, 5.41) is 0.0727. The van der Waals surface area contributed by atoms with Crippen molar-refractivity contribution < 1.29 is 4.39 Å². The summed E-state index contributed by atoms with van der Waals surface area (Å²) in [5.41, 5.74) is 0.261. The van der Waals surface area contributed by atoms with Crippen molar-refractivity contribution in [2.45, 2.75) is 0 Å². The molecule has 4 heteroatoms. The van der Waals surface area contributed by atoms with Crippen LogP contribution in [0.4, 0.5) is 4.39 Å². The molecule has 0 atom stereocenters. The minimum atomic E-state index is -0.578. The lowest BCUT2D eigenvalue weighted by Gasteiger charge is -1.99. The minimum absolute atomic E-state index is 0.126. The van der Waals surface area contributed by atoms with E-state index in [1.165, 1.54) is 24.4 Å². The van der Waals surface area contributed by atoms with Crippen molar-refractivity contribution in [1.82, 2.24) is 4.98 Å². The molecule has 0 aliphatic heterocycles. The Hall–Kier alpha value is -1.35. The highest BCUT2D eigenvalue weighted by Gasteiger charge is 2.07. The smallest absolute Gasteiger partial charge is 0.190 e. The van der Waals surface area contributed by atoms with Crippen molar-refractivity contribution in [3.63, 3.8) is 0 Å². The number of nitrogens with one attached hydrogen (secondary N) is 1. The number of hydrogen-bond donors (Lipinski definition) is 1. The van der Waals surface area contributed by atoms with Gasteiger partial charge in [0.15, 0.2) is 5.43 Å². The summed E-state index contributed by atoms with van der Waals surface area (Å²) >= 11 is 5.64. The molecule has 66 valence electrons. The van der Waals surface area contributed by atoms with Gasteiger partial charge in [-0.3, -0.25) is 4.79 Å². The highest BCUT2D eigenvalue weighted by atomic mass is 35.5. The molecule has 2 nitrogen and oxygen atoms in total. The predicted molar refractivity (Wildman–Crippen MR) is 49.5 cm³/mol. The molecular weight excluding hydrogens is 193 g/mol. The van der Waals surface area contributed by atoms with E-state index >= 15 is 0 Å². The third-order valence-corrected chi connectivity index (χ3v) is 2.18. The first-order valence-electron chi connectivity index (χ1n) is 3.65. The van der Waals surface area contributed by atoms with Crippen molar-refractivity contribution in [3.8, 4) is 0 Å². The molecule has 2 aromatic rings. The van der Waals surface area contributed by atoms with E-state index in [2.05, 4.69) is 4.98 Å². The number of aromatic nitrogens is 1. The molecule has 0 amide bonds. The normalized spacial score (nSPS) is 10.6. The van der Waals surface area contributed by atoms with Crippen LogP contribution in [0.3, 0.4) is 0 Å². The number of rotatable bonds is 0. The Morgan fingerprint density at radius 1 is 1.31 bits per heavy atom. The fraction of sp³-hybridized carbons (Fsp3) is 0. The van der Waals surface area contributed by atoms with Gasteiger partial charge >= 0.3 is 0 Å². The zero-order chi connectivity index (χ0) is 9.42. The van der Waals surface area contributed by atoms with Gasteiger partial charge in [-0.25, -0.2) is 4.39 Å². The maximum atomic E-state index is 12.9. The number of halogens is 2. The van der Waals surface area contributed by atoms with Crippen molar-refractivity contribution in [1.29, 1.82) is 0 Å². The molecule has 0 saturated heterocycles. The van der Waals surface area contributed by atoms with E-state index < -0.39 is 5.82 Å². The summed E-state index contributed by atoms with van der Waals surface area (Å²) in [6.07, 6.45) is 1.50. The second-order valence-electron chi connectivity index (χ2n) is 2.63. The van der Waals surface area contributed by atoms with E-state index in [0.29, 0.717) is 5.52 Å². The Bertz CT molecular complexity index is 520. The average molecular weight is 198 g/mol. The van der Waals surface area contributed by atoms with Crippen LogP contribution in [0.25, 0.3) is 10.9 Å². The van der Waals surface area contributed by atoms with Gasteiger partial charge in [-0.05, 0) is 12.1 Å². The van der Waals surface area contributed by atoms with Crippen LogP contribution in [0.15, 0.2) is 29.2 Å². The van der Waals surface area contributed by atoms with E-state index in [-0.39, 0.29) is 15.8 Å². The molecule has 0 aliphatic rings. The molecule has 0 radical (unpaired) electrons. The Morgan fingerprint density at radius 2 is 2.08 bits per heavy atom. The Kier molecular flexibility index (Phi) is 1.81. The van der Waals surface area contributed by atoms with E-state index in [9.17, 15) is 9.18 Å². The van der Waals surface area contributed by atoms with Gasteiger partial charge in [0.25, 0.3) is 0 Å². The molecule has 0 saturated carbocycles. The number of pyridine rings is 1. The maximum Gasteiger partial charge on any atom is 0.190 e. The Labute approximate surface area is 78.0 Å². The van der Waals surface area contributed by atoms with Gasteiger partial charge in [0.2, 0.25) is 0 Å². The van der Waals surface area contributed by atoms with Crippen LogP contribution in [0, 0.1) is 5.82 Å². The number of fused-ring (bicyclic) bond motifs is 1. The largest absolute Gasteiger partial charge is 0.361 e. The van der Waals surface area contributed by atoms with Crippen LogP contribution >= 0.6 is 11.6 Å². The molecule has 1 aromatic carbocycles. The van der Waals surface area contributed by atoms with Gasteiger partial charge in [-0.2, -0.15) is 0 Å². The minimum Gasteiger partial charge on any atom is -0.361 e. The highest BCUT2D eigenvalue weighted by Crippen LogP contribution is 2.21. The van der Waals surface area contributed by atoms with Gasteiger partial charge < -0.3 is 4.98 Å². The first kappa shape index (κ1) is 8.26. The molecule has 2 rings (SSSR count). The molecular formula is C9H5ClFNO. The fourth-order valence-corrected chi connectivity index (χ4v) is 1.46. The third-order valence-electron chi connectivity index (χ3n) is 1.81.